The van der Waals surface area contributed by atoms with E-state index in [9.17, 15) is 9.90 Å². The first-order chi connectivity index (χ1) is 11.6. The number of benzene rings is 2. The van der Waals surface area contributed by atoms with Gasteiger partial charge in [0.15, 0.2) is 0 Å². The Labute approximate surface area is 145 Å². The molecule has 2 aromatic carbocycles. The van der Waals surface area contributed by atoms with Gasteiger partial charge in [0, 0.05) is 26.2 Å². The van der Waals surface area contributed by atoms with Crippen LogP contribution in [0.3, 0.4) is 0 Å². The van der Waals surface area contributed by atoms with Crippen molar-refractivity contribution in [3.05, 3.63) is 58.6 Å². The number of carboxylic acids is 1. The molecular weight excluding hydrogens is 332 g/mol. The Kier molecular flexibility index (Phi) is 6.90. The van der Waals surface area contributed by atoms with E-state index in [0.29, 0.717) is 25.4 Å². The van der Waals surface area contributed by atoms with Crippen molar-refractivity contribution in [2.24, 2.45) is 0 Å². The van der Waals surface area contributed by atoms with Crippen LogP contribution in [0.4, 0.5) is 0 Å². The number of ether oxygens (including phenoxy) is 3. The standard InChI is InChI=1S/C18H19ClO5/c1-22-8-5-9-23-17-11-16(14(18(20)21)10-15(17)19)24-12-13-6-3-2-4-7-13/h2-4,6-7,10-11H,5,8-9,12H2,1H3,(H,20,21). The lowest BCUT2D eigenvalue weighted by molar-refractivity contribution is 0.0691. The fourth-order valence-corrected chi connectivity index (χ4v) is 2.27. The van der Waals surface area contributed by atoms with E-state index in [1.54, 1.807) is 7.11 Å². The maximum absolute atomic E-state index is 11.4. The zero-order valence-electron chi connectivity index (χ0n) is 13.3. The van der Waals surface area contributed by atoms with E-state index in [1.165, 1.54) is 12.1 Å². The number of halogens is 1. The van der Waals surface area contributed by atoms with Crippen LogP contribution in [0.1, 0.15) is 22.3 Å². The van der Waals surface area contributed by atoms with Gasteiger partial charge in [-0.25, -0.2) is 4.79 Å². The van der Waals surface area contributed by atoms with Gasteiger partial charge in [0.05, 0.1) is 11.6 Å². The van der Waals surface area contributed by atoms with Crippen molar-refractivity contribution in [2.75, 3.05) is 20.3 Å². The summed E-state index contributed by atoms with van der Waals surface area (Å²) in [7, 11) is 1.62. The molecule has 24 heavy (non-hydrogen) atoms. The van der Waals surface area contributed by atoms with Gasteiger partial charge in [-0.05, 0) is 11.6 Å². The van der Waals surface area contributed by atoms with Crippen molar-refractivity contribution in [3.8, 4) is 11.5 Å². The van der Waals surface area contributed by atoms with Crippen molar-refractivity contribution in [3.63, 3.8) is 0 Å². The second-order valence-corrected chi connectivity index (χ2v) is 5.46. The molecule has 2 rings (SSSR count). The Bertz CT molecular complexity index is 673. The first kappa shape index (κ1) is 18.1. The minimum Gasteiger partial charge on any atom is -0.492 e. The highest BCUT2D eigenvalue weighted by molar-refractivity contribution is 6.32. The van der Waals surface area contributed by atoms with Crippen LogP contribution in [0.15, 0.2) is 42.5 Å². The first-order valence-corrected chi connectivity index (χ1v) is 7.85. The molecule has 0 fully saturated rings. The Hall–Kier alpha value is -2.24. The van der Waals surface area contributed by atoms with Gasteiger partial charge in [0.1, 0.15) is 23.7 Å². The van der Waals surface area contributed by atoms with Crippen molar-refractivity contribution in [1.29, 1.82) is 0 Å². The Morgan fingerprint density at radius 3 is 2.50 bits per heavy atom. The van der Waals surface area contributed by atoms with Gasteiger partial charge in [-0.1, -0.05) is 41.9 Å². The molecule has 0 heterocycles. The average molecular weight is 351 g/mol. The number of hydrogen-bond donors (Lipinski definition) is 1. The van der Waals surface area contributed by atoms with E-state index < -0.39 is 5.97 Å². The Balaban J connectivity index is 2.15. The number of aromatic carboxylic acids is 1. The molecule has 2 aromatic rings. The molecule has 0 atom stereocenters. The first-order valence-electron chi connectivity index (χ1n) is 7.47. The molecule has 0 amide bonds. The van der Waals surface area contributed by atoms with Crippen LogP contribution in [-0.2, 0) is 11.3 Å². The third-order valence-electron chi connectivity index (χ3n) is 3.25. The number of methoxy groups -OCH3 is 1. The van der Waals surface area contributed by atoms with Crippen LogP contribution >= 0.6 is 11.6 Å². The molecule has 1 N–H and O–H groups in total. The number of carbonyl (C=O) groups is 1. The molecule has 0 radical (unpaired) electrons. The van der Waals surface area contributed by atoms with Crippen molar-refractivity contribution < 1.29 is 24.1 Å². The molecule has 0 saturated heterocycles. The van der Waals surface area contributed by atoms with Crippen LogP contribution < -0.4 is 9.47 Å². The molecular formula is C18H19ClO5. The fourth-order valence-electron chi connectivity index (χ4n) is 2.05. The van der Waals surface area contributed by atoms with Gasteiger partial charge in [-0.2, -0.15) is 0 Å². The third kappa shape index (κ3) is 5.15. The topological polar surface area (TPSA) is 65.0 Å². The minimum atomic E-state index is -1.11. The third-order valence-corrected chi connectivity index (χ3v) is 3.55. The van der Waals surface area contributed by atoms with Gasteiger partial charge < -0.3 is 19.3 Å². The lowest BCUT2D eigenvalue weighted by Crippen LogP contribution is -2.06. The average Bonchev–Trinajstić information content (AvgIpc) is 2.59. The van der Waals surface area contributed by atoms with Crippen LogP contribution in [0.25, 0.3) is 0 Å². The molecule has 0 saturated carbocycles. The summed E-state index contributed by atoms with van der Waals surface area (Å²) < 4.78 is 16.2. The van der Waals surface area contributed by atoms with E-state index in [1.807, 2.05) is 30.3 Å². The summed E-state index contributed by atoms with van der Waals surface area (Å²) in [5, 5.41) is 9.56. The summed E-state index contributed by atoms with van der Waals surface area (Å²) >= 11 is 6.10. The monoisotopic (exact) mass is 350 g/mol. The lowest BCUT2D eigenvalue weighted by Gasteiger charge is -2.14. The highest BCUT2D eigenvalue weighted by Crippen LogP contribution is 2.33. The summed E-state index contributed by atoms with van der Waals surface area (Å²) in [6, 6.07) is 12.3. The van der Waals surface area contributed by atoms with Crippen LogP contribution in [0, 0.1) is 0 Å². The second kappa shape index (κ2) is 9.15. The van der Waals surface area contributed by atoms with Gasteiger partial charge >= 0.3 is 5.97 Å². The van der Waals surface area contributed by atoms with Gasteiger partial charge in [-0.15, -0.1) is 0 Å². The molecule has 0 spiro atoms. The fraction of sp³-hybridized carbons (Fsp3) is 0.278. The van der Waals surface area contributed by atoms with Gasteiger partial charge in [0.2, 0.25) is 0 Å². The highest BCUT2D eigenvalue weighted by atomic mass is 35.5. The minimum absolute atomic E-state index is 0.000160. The van der Waals surface area contributed by atoms with Crippen LogP contribution in [0.5, 0.6) is 11.5 Å². The molecule has 0 aliphatic heterocycles. The predicted molar refractivity (Wildman–Crippen MR) is 91.2 cm³/mol. The van der Waals surface area contributed by atoms with E-state index >= 15 is 0 Å². The molecule has 5 nitrogen and oxygen atoms in total. The molecule has 0 unspecified atom stereocenters. The van der Waals surface area contributed by atoms with E-state index in [0.717, 1.165) is 5.56 Å². The molecule has 0 bridgehead atoms. The zero-order chi connectivity index (χ0) is 17.4. The molecule has 128 valence electrons. The molecule has 6 heteroatoms. The lowest BCUT2D eigenvalue weighted by atomic mass is 10.2. The summed E-state index contributed by atoms with van der Waals surface area (Å²) in [5.74, 6) is -0.496. The molecule has 0 aliphatic carbocycles. The van der Waals surface area contributed by atoms with Crippen molar-refractivity contribution in [1.82, 2.24) is 0 Å². The van der Waals surface area contributed by atoms with E-state index in [4.69, 9.17) is 25.8 Å². The predicted octanol–water partition coefficient (Wildman–Crippen LogP) is 4.03. The van der Waals surface area contributed by atoms with Gasteiger partial charge in [0.25, 0.3) is 0 Å². The summed E-state index contributed by atoms with van der Waals surface area (Å²) in [5.41, 5.74) is 0.937. The summed E-state index contributed by atoms with van der Waals surface area (Å²) in [4.78, 5) is 11.4. The van der Waals surface area contributed by atoms with E-state index in [2.05, 4.69) is 0 Å². The molecule has 0 aromatic heterocycles. The van der Waals surface area contributed by atoms with Crippen molar-refractivity contribution >= 4 is 17.6 Å². The Morgan fingerprint density at radius 2 is 1.83 bits per heavy atom. The summed E-state index contributed by atoms with van der Waals surface area (Å²) in [6.07, 6.45) is 0.702. The quantitative estimate of drug-likeness (QED) is 0.691. The Morgan fingerprint density at radius 1 is 1.08 bits per heavy atom. The van der Waals surface area contributed by atoms with Crippen molar-refractivity contribution in [2.45, 2.75) is 13.0 Å². The zero-order valence-corrected chi connectivity index (χ0v) is 14.1. The normalized spacial score (nSPS) is 10.4. The van der Waals surface area contributed by atoms with Gasteiger partial charge in [-0.3, -0.25) is 0 Å². The highest BCUT2D eigenvalue weighted by Gasteiger charge is 2.16. The molecule has 0 aliphatic rings. The smallest absolute Gasteiger partial charge is 0.339 e. The summed E-state index contributed by atoms with van der Waals surface area (Å²) in [6.45, 7) is 1.24. The van der Waals surface area contributed by atoms with E-state index in [-0.39, 0.29) is 22.9 Å². The number of carboxylic acid groups (broad SMARTS) is 1. The van der Waals surface area contributed by atoms with Crippen LogP contribution in [0.2, 0.25) is 5.02 Å². The maximum atomic E-state index is 11.4. The SMILES string of the molecule is COCCCOc1cc(OCc2ccccc2)c(C(=O)O)cc1Cl. The number of rotatable bonds is 9. The maximum Gasteiger partial charge on any atom is 0.339 e. The second-order valence-electron chi connectivity index (χ2n) is 5.05. The number of hydrogen-bond acceptors (Lipinski definition) is 4. The largest absolute Gasteiger partial charge is 0.492 e. The van der Waals surface area contributed by atoms with Crippen LogP contribution in [-0.4, -0.2) is 31.4 Å².